The third-order valence-corrected chi connectivity index (χ3v) is 3.63. The highest BCUT2D eigenvalue weighted by atomic mass is 35.5. The number of sulfonamides is 1. The van der Waals surface area contributed by atoms with Gasteiger partial charge in [0.15, 0.2) is 5.96 Å². The van der Waals surface area contributed by atoms with Gasteiger partial charge in [-0.25, -0.2) is 18.1 Å². The van der Waals surface area contributed by atoms with Crippen LogP contribution in [-0.4, -0.2) is 40.3 Å². The highest BCUT2D eigenvalue weighted by Crippen LogP contribution is 2.11. The van der Waals surface area contributed by atoms with E-state index in [0.29, 0.717) is 37.0 Å². The van der Waals surface area contributed by atoms with Gasteiger partial charge in [-0.05, 0) is 31.0 Å². The predicted octanol–water partition coefficient (Wildman–Crippen LogP) is 1.33. The molecule has 0 fully saturated rings. The number of rotatable bonds is 8. The van der Waals surface area contributed by atoms with Crippen molar-refractivity contribution in [2.24, 2.45) is 4.99 Å². The Labute approximate surface area is 137 Å². The lowest BCUT2D eigenvalue weighted by molar-refractivity contribution is 0.584. The van der Waals surface area contributed by atoms with E-state index in [0.717, 1.165) is 18.4 Å². The van der Waals surface area contributed by atoms with Crippen LogP contribution in [0.4, 0.5) is 0 Å². The molecule has 0 heterocycles. The minimum Gasteiger partial charge on any atom is -0.357 e. The Bertz CT molecular complexity index is 590. The molecule has 1 rings (SSSR count). The minimum absolute atomic E-state index is 0.402. The van der Waals surface area contributed by atoms with Gasteiger partial charge in [-0.2, -0.15) is 0 Å². The number of halogens is 1. The van der Waals surface area contributed by atoms with Gasteiger partial charge in [0.05, 0.1) is 12.8 Å². The Morgan fingerprint density at radius 2 is 2.05 bits per heavy atom. The molecule has 1 aromatic carbocycles. The van der Waals surface area contributed by atoms with Crippen molar-refractivity contribution in [2.45, 2.75) is 19.9 Å². The number of hydrogen-bond donors (Lipinski definition) is 3. The van der Waals surface area contributed by atoms with Gasteiger partial charge in [-0.3, -0.25) is 0 Å². The molecule has 0 aliphatic rings. The van der Waals surface area contributed by atoms with Crippen LogP contribution in [0.2, 0.25) is 5.02 Å². The van der Waals surface area contributed by atoms with E-state index in [1.54, 1.807) is 0 Å². The lowest BCUT2D eigenvalue weighted by atomic mass is 10.2. The second-order valence-electron chi connectivity index (χ2n) is 4.77. The lowest BCUT2D eigenvalue weighted by Crippen LogP contribution is -2.38. The summed E-state index contributed by atoms with van der Waals surface area (Å²) < 4.78 is 24.3. The van der Waals surface area contributed by atoms with Crippen molar-refractivity contribution in [3.05, 3.63) is 34.9 Å². The minimum atomic E-state index is -3.12. The molecule has 22 heavy (non-hydrogen) atoms. The molecule has 8 heteroatoms. The summed E-state index contributed by atoms with van der Waals surface area (Å²) in [5.41, 5.74) is 1.03. The molecule has 1 aromatic rings. The topological polar surface area (TPSA) is 82.6 Å². The second kappa shape index (κ2) is 9.66. The maximum Gasteiger partial charge on any atom is 0.208 e. The molecular formula is C14H23ClN4O2S. The number of aliphatic imine (C=N–C) groups is 1. The first-order chi connectivity index (χ1) is 10.4. The molecule has 0 radical (unpaired) electrons. The van der Waals surface area contributed by atoms with Gasteiger partial charge in [0.25, 0.3) is 0 Å². The summed E-state index contributed by atoms with van der Waals surface area (Å²) in [6, 6.07) is 7.57. The molecule has 124 valence electrons. The molecule has 0 aliphatic heterocycles. The molecule has 0 spiro atoms. The third kappa shape index (κ3) is 8.86. The fourth-order valence-corrected chi connectivity index (χ4v) is 2.43. The molecule has 6 nitrogen and oxygen atoms in total. The first kappa shape index (κ1) is 18.7. The summed E-state index contributed by atoms with van der Waals surface area (Å²) in [6.45, 7) is 4.30. The van der Waals surface area contributed by atoms with Crippen molar-refractivity contribution >= 4 is 27.6 Å². The largest absolute Gasteiger partial charge is 0.357 e. The highest BCUT2D eigenvalue weighted by Gasteiger charge is 2.00. The van der Waals surface area contributed by atoms with Crippen LogP contribution in [0.3, 0.4) is 0 Å². The molecule has 0 saturated carbocycles. The maximum absolute atomic E-state index is 10.9. The number of nitrogens with zero attached hydrogens (tertiary/aromatic N) is 1. The van der Waals surface area contributed by atoms with Gasteiger partial charge in [-0.15, -0.1) is 0 Å². The fourth-order valence-electron chi connectivity index (χ4n) is 1.70. The monoisotopic (exact) mass is 346 g/mol. The third-order valence-electron chi connectivity index (χ3n) is 2.66. The molecule has 0 amide bonds. The Morgan fingerprint density at radius 1 is 1.27 bits per heavy atom. The maximum atomic E-state index is 10.9. The van der Waals surface area contributed by atoms with Crippen LogP contribution in [0.1, 0.15) is 18.9 Å². The van der Waals surface area contributed by atoms with Crippen LogP contribution in [0, 0.1) is 0 Å². The Hall–Kier alpha value is -1.31. The average molecular weight is 347 g/mol. The predicted molar refractivity (Wildman–Crippen MR) is 91.7 cm³/mol. The van der Waals surface area contributed by atoms with E-state index in [1.165, 1.54) is 0 Å². The van der Waals surface area contributed by atoms with E-state index >= 15 is 0 Å². The number of guanidine groups is 1. The van der Waals surface area contributed by atoms with Crippen molar-refractivity contribution in [3.63, 3.8) is 0 Å². The van der Waals surface area contributed by atoms with E-state index in [9.17, 15) is 8.42 Å². The summed E-state index contributed by atoms with van der Waals surface area (Å²) in [5.74, 6) is 0.696. The molecule has 0 saturated heterocycles. The quantitative estimate of drug-likeness (QED) is 0.377. The van der Waals surface area contributed by atoms with Crippen molar-refractivity contribution in [1.82, 2.24) is 15.4 Å². The fraction of sp³-hybridized carbons (Fsp3) is 0.500. The van der Waals surface area contributed by atoms with Crippen molar-refractivity contribution < 1.29 is 8.42 Å². The van der Waals surface area contributed by atoms with E-state index in [2.05, 4.69) is 20.3 Å². The molecule has 0 aromatic heterocycles. The second-order valence-corrected chi connectivity index (χ2v) is 7.04. The summed E-state index contributed by atoms with van der Waals surface area (Å²) in [7, 11) is -3.12. The van der Waals surface area contributed by atoms with Crippen molar-refractivity contribution in [3.8, 4) is 0 Å². The van der Waals surface area contributed by atoms with Crippen LogP contribution in [0.5, 0.6) is 0 Å². The summed E-state index contributed by atoms with van der Waals surface area (Å²) in [4.78, 5) is 4.47. The zero-order valence-corrected chi connectivity index (χ0v) is 14.5. The Balaban J connectivity index is 2.42. The molecule has 0 aliphatic carbocycles. The summed E-state index contributed by atoms with van der Waals surface area (Å²) in [6.07, 6.45) is 1.82. The number of nitrogens with one attached hydrogen (secondary N) is 3. The zero-order valence-electron chi connectivity index (χ0n) is 12.9. The molecule has 0 atom stereocenters. The number of hydrogen-bond acceptors (Lipinski definition) is 3. The highest BCUT2D eigenvalue weighted by molar-refractivity contribution is 7.88. The molecule has 0 unspecified atom stereocenters. The van der Waals surface area contributed by atoms with Gasteiger partial charge in [0.2, 0.25) is 10.0 Å². The molecule has 0 bridgehead atoms. The van der Waals surface area contributed by atoms with Gasteiger partial charge >= 0.3 is 0 Å². The van der Waals surface area contributed by atoms with E-state index in [4.69, 9.17) is 11.6 Å². The Morgan fingerprint density at radius 3 is 2.68 bits per heavy atom. The van der Waals surface area contributed by atoms with Crippen molar-refractivity contribution in [1.29, 1.82) is 0 Å². The van der Waals surface area contributed by atoms with Gasteiger partial charge in [0.1, 0.15) is 0 Å². The van der Waals surface area contributed by atoms with Gasteiger partial charge in [-0.1, -0.05) is 23.7 Å². The smallest absolute Gasteiger partial charge is 0.208 e. The lowest BCUT2D eigenvalue weighted by Gasteiger charge is -2.11. The van der Waals surface area contributed by atoms with Gasteiger partial charge in [0, 0.05) is 24.7 Å². The number of benzene rings is 1. The normalized spacial score (nSPS) is 12.2. The summed E-state index contributed by atoms with van der Waals surface area (Å²) in [5, 5.41) is 7.00. The summed E-state index contributed by atoms with van der Waals surface area (Å²) >= 11 is 5.94. The average Bonchev–Trinajstić information content (AvgIpc) is 2.43. The SMILES string of the molecule is CCNC(=NCc1cccc(Cl)c1)NCCCNS(C)(=O)=O. The first-order valence-corrected chi connectivity index (χ1v) is 9.39. The van der Waals surface area contributed by atoms with Crippen LogP contribution >= 0.6 is 11.6 Å². The molecule has 3 N–H and O–H groups in total. The van der Waals surface area contributed by atoms with Crippen LogP contribution in [-0.2, 0) is 16.6 Å². The Kier molecular flexibility index (Phi) is 8.22. The van der Waals surface area contributed by atoms with Crippen LogP contribution < -0.4 is 15.4 Å². The van der Waals surface area contributed by atoms with Crippen molar-refractivity contribution in [2.75, 3.05) is 25.9 Å². The molecular weight excluding hydrogens is 324 g/mol. The first-order valence-electron chi connectivity index (χ1n) is 7.12. The standard InChI is InChI=1S/C14H23ClN4O2S/c1-3-16-14(17-8-5-9-19-22(2,20)21)18-11-12-6-4-7-13(15)10-12/h4,6-7,10,19H,3,5,8-9,11H2,1-2H3,(H2,16,17,18). The van der Waals surface area contributed by atoms with Crippen LogP contribution in [0.25, 0.3) is 0 Å². The zero-order chi connectivity index (χ0) is 16.4. The van der Waals surface area contributed by atoms with E-state index < -0.39 is 10.0 Å². The van der Waals surface area contributed by atoms with Gasteiger partial charge < -0.3 is 10.6 Å². The van der Waals surface area contributed by atoms with E-state index in [1.807, 2.05) is 31.2 Å². The van der Waals surface area contributed by atoms with E-state index in [-0.39, 0.29) is 0 Å². The van der Waals surface area contributed by atoms with Crippen LogP contribution in [0.15, 0.2) is 29.3 Å².